The molecule has 23 heteroatoms. The van der Waals surface area contributed by atoms with Crippen molar-refractivity contribution in [3.63, 3.8) is 0 Å². The van der Waals surface area contributed by atoms with Crippen molar-refractivity contribution in [3.05, 3.63) is 113 Å². The molecule has 1 atom stereocenters. The molecule has 364 valence electrons. The minimum absolute atomic E-state index is 0.0617. The van der Waals surface area contributed by atoms with Gasteiger partial charge in [-0.05, 0) is 63.5 Å². The molecule has 6 heterocycles. The number of hydrogen-bond acceptors (Lipinski definition) is 11. The van der Waals surface area contributed by atoms with Crippen molar-refractivity contribution in [1.82, 2.24) is 37.6 Å². The highest BCUT2D eigenvalue weighted by molar-refractivity contribution is 6.09. The van der Waals surface area contributed by atoms with E-state index in [1.807, 2.05) is 19.0 Å². The molecular formula is C46H55N13O10. The molecule has 6 rings (SSSR count). The summed E-state index contributed by atoms with van der Waals surface area (Å²) in [5, 5.41) is 26.6. The number of amides is 6. The van der Waals surface area contributed by atoms with Crippen molar-refractivity contribution in [3.8, 4) is 0 Å². The number of aromatic nitrogens is 6. The van der Waals surface area contributed by atoms with E-state index in [9.17, 15) is 43.5 Å². The highest BCUT2D eigenvalue weighted by Crippen LogP contribution is 2.22. The van der Waals surface area contributed by atoms with Crippen molar-refractivity contribution in [2.75, 3.05) is 60.9 Å². The zero-order valence-electron chi connectivity index (χ0n) is 39.6. The largest absolute Gasteiger partial charge is 0.464 e. The Kier molecular flexibility index (Phi) is 15.2. The van der Waals surface area contributed by atoms with Gasteiger partial charge in [0, 0.05) is 91.5 Å². The molecule has 0 aliphatic heterocycles. The third-order valence-electron chi connectivity index (χ3n) is 11.0. The topological polar surface area (TPSA) is 271 Å². The average Bonchev–Trinajstić information content (AvgIpc) is 4.15. The number of ketones is 1. The quantitative estimate of drug-likeness (QED) is 0.0458. The van der Waals surface area contributed by atoms with Crippen LogP contribution in [0, 0.1) is 0 Å². The third kappa shape index (κ3) is 11.9. The van der Waals surface area contributed by atoms with Gasteiger partial charge >= 0.3 is 5.97 Å². The number of hydrogen-bond donors (Lipinski definition) is 7. The van der Waals surface area contributed by atoms with Gasteiger partial charge in [0.25, 0.3) is 35.4 Å². The van der Waals surface area contributed by atoms with Crippen molar-refractivity contribution in [2.45, 2.75) is 18.9 Å². The maximum absolute atomic E-state index is 13.3. The fraction of sp³-hybridized carbons (Fsp3) is 0.304. The molecule has 6 aromatic heterocycles. The Bertz CT molecular complexity index is 2970. The van der Waals surface area contributed by atoms with Crippen LogP contribution in [0.15, 0.2) is 73.6 Å². The van der Waals surface area contributed by atoms with Gasteiger partial charge < -0.3 is 74.0 Å². The number of Topliss-reactive ketones (excluding diaryl/α,β-unsaturated/α-hetero) is 1. The minimum Gasteiger partial charge on any atom is -0.464 e. The highest BCUT2D eigenvalue weighted by Gasteiger charge is 2.24. The molecular weight excluding hydrogens is 895 g/mol. The normalized spacial score (nSPS) is 11.5. The number of aryl methyl sites for hydroxylation is 6. The SMILES string of the molecule is COC(=O)c1cc(NC(=O)c2cc(NC(=O)c3cc(NC(=O)[C@@H](O)CNC(=O)c4cc(NC(=O)c5cc(NC(=O)c6cc(C(=O)CCCN(C)C)cn6C)cn5C)cn4C)cn3C)cn2C)cn1C. The van der Waals surface area contributed by atoms with Crippen LogP contribution < -0.4 is 31.9 Å². The van der Waals surface area contributed by atoms with Crippen LogP contribution >= 0.6 is 0 Å². The lowest BCUT2D eigenvalue weighted by molar-refractivity contribution is -0.123. The minimum atomic E-state index is -1.70. The Balaban J connectivity index is 0.978. The van der Waals surface area contributed by atoms with Crippen LogP contribution in [0.1, 0.15) is 86.1 Å². The van der Waals surface area contributed by atoms with E-state index in [0.717, 1.165) is 6.54 Å². The van der Waals surface area contributed by atoms with Crippen LogP contribution in [0.25, 0.3) is 0 Å². The van der Waals surface area contributed by atoms with Gasteiger partial charge in [-0.25, -0.2) is 4.79 Å². The number of aliphatic hydroxyl groups is 1. The predicted molar refractivity (Wildman–Crippen MR) is 255 cm³/mol. The zero-order chi connectivity index (χ0) is 50.4. The standard InChI is InChI=1S/C46H55N13O10/c1-53(2)12-10-11-38(60)26-13-32(54(3)20-26)41(63)48-28-15-34(56(5)22-28)42(64)49-27-14-33(55(4)21-27)40(62)47-19-39(61)45(67)52-30-17-36(58(7)24-30)43(65)50-29-16-35(57(6)23-29)44(66)51-31-18-37(46(68)69-9)59(8)25-31/h13-18,20-25,39,61H,10-12,19H2,1-9H3,(H,47,62)(H,48,63)(H,49,64)(H,50,65)(H,51,66)(H,52,67)/t39-/m0/s1. The maximum Gasteiger partial charge on any atom is 0.354 e. The van der Waals surface area contributed by atoms with E-state index in [1.165, 1.54) is 78.9 Å². The molecule has 0 aromatic carbocycles. The first-order chi connectivity index (χ1) is 32.6. The number of anilines is 5. The van der Waals surface area contributed by atoms with E-state index in [2.05, 4.69) is 31.9 Å². The first-order valence-electron chi connectivity index (χ1n) is 21.4. The number of nitrogens with one attached hydrogen (secondary N) is 6. The molecule has 0 bridgehead atoms. The molecule has 0 spiro atoms. The van der Waals surface area contributed by atoms with Gasteiger partial charge in [-0.1, -0.05) is 0 Å². The van der Waals surface area contributed by atoms with Gasteiger partial charge in [0.1, 0.15) is 40.3 Å². The van der Waals surface area contributed by atoms with Gasteiger partial charge in [-0.2, -0.15) is 0 Å². The Hall–Kier alpha value is -8.44. The molecule has 0 radical (unpaired) electrons. The van der Waals surface area contributed by atoms with Crippen LogP contribution in [-0.4, -0.2) is 125 Å². The first kappa shape index (κ1) is 50.0. The van der Waals surface area contributed by atoms with Gasteiger partial charge in [0.05, 0.1) is 42.1 Å². The summed E-state index contributed by atoms with van der Waals surface area (Å²) >= 11 is 0. The summed E-state index contributed by atoms with van der Waals surface area (Å²) in [4.78, 5) is 106. The summed E-state index contributed by atoms with van der Waals surface area (Å²) < 4.78 is 13.8. The van der Waals surface area contributed by atoms with E-state index in [4.69, 9.17) is 4.74 Å². The predicted octanol–water partition coefficient (Wildman–Crippen LogP) is 2.77. The van der Waals surface area contributed by atoms with Crippen molar-refractivity contribution >= 4 is 75.6 Å². The van der Waals surface area contributed by atoms with Crippen LogP contribution in [-0.2, 0) is 51.8 Å². The van der Waals surface area contributed by atoms with Crippen LogP contribution in [0.5, 0.6) is 0 Å². The summed E-state index contributed by atoms with van der Waals surface area (Å²) in [5.41, 5.74) is 3.03. The summed E-state index contributed by atoms with van der Waals surface area (Å²) in [6.45, 7) is 0.288. The third-order valence-corrected chi connectivity index (χ3v) is 11.0. The Morgan fingerprint density at radius 1 is 0.522 bits per heavy atom. The number of carbonyl (C=O) groups is 8. The lowest BCUT2D eigenvalue weighted by Crippen LogP contribution is -2.39. The molecule has 6 aromatic rings. The fourth-order valence-corrected chi connectivity index (χ4v) is 7.40. The molecule has 23 nitrogen and oxygen atoms in total. The van der Waals surface area contributed by atoms with E-state index in [-0.39, 0.29) is 51.3 Å². The molecule has 6 amide bonds. The van der Waals surface area contributed by atoms with Gasteiger partial charge in [0.15, 0.2) is 5.78 Å². The second-order valence-electron chi connectivity index (χ2n) is 16.7. The number of rotatable bonds is 19. The zero-order valence-corrected chi connectivity index (χ0v) is 39.6. The molecule has 0 saturated carbocycles. The van der Waals surface area contributed by atoms with E-state index in [1.54, 1.807) is 71.5 Å². The summed E-state index contributed by atoms with van der Waals surface area (Å²) in [6.07, 6.45) is 8.58. The smallest absolute Gasteiger partial charge is 0.354 e. The van der Waals surface area contributed by atoms with Crippen molar-refractivity contribution in [1.29, 1.82) is 0 Å². The fourth-order valence-electron chi connectivity index (χ4n) is 7.40. The van der Waals surface area contributed by atoms with E-state index in [0.29, 0.717) is 35.5 Å². The number of nitrogens with zero attached hydrogens (tertiary/aromatic N) is 7. The van der Waals surface area contributed by atoms with Gasteiger partial charge in [0.2, 0.25) is 0 Å². The van der Waals surface area contributed by atoms with Gasteiger partial charge in [-0.15, -0.1) is 0 Å². The van der Waals surface area contributed by atoms with Crippen LogP contribution in [0.4, 0.5) is 28.4 Å². The van der Waals surface area contributed by atoms with Crippen LogP contribution in [0.3, 0.4) is 0 Å². The second-order valence-corrected chi connectivity index (χ2v) is 16.7. The van der Waals surface area contributed by atoms with Crippen molar-refractivity contribution < 1.29 is 48.2 Å². The number of aliphatic hydroxyl groups excluding tert-OH is 1. The molecule has 7 N–H and O–H groups in total. The molecule has 0 unspecified atom stereocenters. The monoisotopic (exact) mass is 949 g/mol. The number of ether oxygens (including phenoxy) is 1. The summed E-state index contributed by atoms with van der Waals surface area (Å²) in [7, 11) is 14.8. The highest BCUT2D eigenvalue weighted by atomic mass is 16.5. The van der Waals surface area contributed by atoms with Gasteiger partial charge in [-0.3, -0.25) is 33.6 Å². The number of esters is 1. The molecule has 0 aliphatic carbocycles. The second kappa shape index (κ2) is 21.0. The number of carbonyl (C=O) groups excluding carboxylic acids is 8. The maximum atomic E-state index is 13.3. The molecule has 0 fully saturated rings. The Morgan fingerprint density at radius 2 is 0.870 bits per heavy atom. The van der Waals surface area contributed by atoms with Crippen LogP contribution in [0.2, 0.25) is 0 Å². The number of methoxy groups -OCH3 is 1. The molecule has 0 aliphatic rings. The van der Waals surface area contributed by atoms with E-state index >= 15 is 0 Å². The van der Waals surface area contributed by atoms with Crippen molar-refractivity contribution in [2.24, 2.45) is 42.3 Å². The average molecular weight is 950 g/mol. The first-order valence-corrected chi connectivity index (χ1v) is 21.4. The Morgan fingerprint density at radius 3 is 1.28 bits per heavy atom. The molecule has 0 saturated heterocycles. The van der Waals surface area contributed by atoms with E-state index < -0.39 is 54.1 Å². The lowest BCUT2D eigenvalue weighted by atomic mass is 10.1. The Labute approximate surface area is 396 Å². The summed E-state index contributed by atoms with van der Waals surface area (Å²) in [6, 6.07) is 8.76. The summed E-state index contributed by atoms with van der Waals surface area (Å²) in [5.74, 6) is -4.21. The molecule has 69 heavy (non-hydrogen) atoms. The lowest BCUT2D eigenvalue weighted by Gasteiger charge is -2.12.